The molecule has 0 N–H and O–H groups in total. The highest BCUT2D eigenvalue weighted by molar-refractivity contribution is 6.03. The van der Waals surface area contributed by atoms with Gasteiger partial charge in [0, 0.05) is 13.5 Å². The van der Waals surface area contributed by atoms with Crippen molar-refractivity contribution in [2.75, 3.05) is 27.8 Å². The summed E-state index contributed by atoms with van der Waals surface area (Å²) in [4.78, 5) is 27.3. The van der Waals surface area contributed by atoms with Crippen molar-refractivity contribution in [2.45, 2.75) is 12.5 Å². The Labute approximate surface area is 203 Å². The first-order chi connectivity index (χ1) is 16.9. The molecule has 4 rings (SSSR count). The van der Waals surface area contributed by atoms with Crippen molar-refractivity contribution in [3.05, 3.63) is 95.3 Å². The molecule has 1 atom stereocenters. The zero-order valence-electron chi connectivity index (χ0n) is 19.8. The molecule has 180 valence electrons. The van der Waals surface area contributed by atoms with Crippen molar-refractivity contribution in [3.8, 4) is 11.5 Å². The minimum Gasteiger partial charge on any atom is -0.497 e. The summed E-state index contributed by atoms with van der Waals surface area (Å²) in [5, 5.41) is 6.04. The quantitative estimate of drug-likeness (QED) is 0.511. The number of nitrogens with zero attached hydrogens (tertiary/aromatic N) is 3. The number of amides is 2. The molecule has 0 radical (unpaired) electrons. The number of ether oxygens (including phenoxy) is 2. The van der Waals surface area contributed by atoms with Gasteiger partial charge in [0.05, 0.1) is 31.5 Å². The van der Waals surface area contributed by atoms with Crippen LogP contribution in [-0.2, 0) is 4.79 Å². The van der Waals surface area contributed by atoms with E-state index in [1.807, 2.05) is 48.5 Å². The van der Waals surface area contributed by atoms with Crippen LogP contribution in [0.2, 0.25) is 0 Å². The number of hydrazone groups is 1. The van der Waals surface area contributed by atoms with E-state index < -0.39 is 11.7 Å². The lowest BCUT2D eigenvalue weighted by Gasteiger charge is -2.25. The molecule has 7 nitrogen and oxygen atoms in total. The molecule has 0 spiro atoms. The van der Waals surface area contributed by atoms with Crippen molar-refractivity contribution >= 4 is 17.5 Å². The number of likely N-dealkylation sites (N-methyl/N-ethyl adjacent to an activating group) is 1. The molecule has 8 heteroatoms. The smallest absolute Gasteiger partial charge is 0.262 e. The maximum atomic E-state index is 14.1. The Morgan fingerprint density at radius 2 is 1.57 bits per heavy atom. The number of halogens is 1. The van der Waals surface area contributed by atoms with Crippen LogP contribution in [-0.4, -0.2) is 55.2 Å². The van der Waals surface area contributed by atoms with E-state index in [1.165, 1.54) is 35.2 Å². The Hall–Kier alpha value is -4.20. The Morgan fingerprint density at radius 1 is 0.971 bits per heavy atom. The monoisotopic (exact) mass is 475 g/mol. The highest BCUT2D eigenvalue weighted by Crippen LogP contribution is 2.34. The van der Waals surface area contributed by atoms with E-state index in [2.05, 4.69) is 5.10 Å². The molecule has 3 aromatic rings. The number of carbonyl (C=O) groups excluding carboxylic acids is 2. The van der Waals surface area contributed by atoms with Crippen LogP contribution in [0.3, 0.4) is 0 Å². The number of hydrogen-bond donors (Lipinski definition) is 0. The molecular weight excluding hydrogens is 449 g/mol. The summed E-state index contributed by atoms with van der Waals surface area (Å²) in [5.41, 5.74) is 2.41. The summed E-state index contributed by atoms with van der Waals surface area (Å²) < 4.78 is 24.6. The first-order valence-corrected chi connectivity index (χ1v) is 11.1. The van der Waals surface area contributed by atoms with Gasteiger partial charge in [0.25, 0.3) is 11.8 Å². The summed E-state index contributed by atoms with van der Waals surface area (Å²) in [5.74, 6) is -0.150. The summed E-state index contributed by atoms with van der Waals surface area (Å²) in [6.07, 6.45) is 0.495. The third-order valence-electron chi connectivity index (χ3n) is 5.91. The van der Waals surface area contributed by atoms with Gasteiger partial charge in [0.2, 0.25) is 0 Å². The van der Waals surface area contributed by atoms with Crippen LogP contribution < -0.4 is 9.47 Å². The van der Waals surface area contributed by atoms with E-state index in [-0.39, 0.29) is 24.1 Å². The summed E-state index contributed by atoms with van der Waals surface area (Å²) in [6.45, 7) is -0.251. The first kappa shape index (κ1) is 23.9. The molecule has 1 heterocycles. The largest absolute Gasteiger partial charge is 0.497 e. The lowest BCUT2D eigenvalue weighted by atomic mass is 9.98. The first-order valence-electron chi connectivity index (χ1n) is 11.1. The molecule has 0 saturated heterocycles. The molecule has 0 aromatic heterocycles. The van der Waals surface area contributed by atoms with Gasteiger partial charge in [-0.1, -0.05) is 24.3 Å². The van der Waals surface area contributed by atoms with Crippen LogP contribution in [0.25, 0.3) is 0 Å². The number of methoxy groups -OCH3 is 2. The van der Waals surface area contributed by atoms with Crippen LogP contribution in [0, 0.1) is 5.82 Å². The average molecular weight is 476 g/mol. The van der Waals surface area contributed by atoms with Gasteiger partial charge in [0.1, 0.15) is 23.9 Å². The second-order valence-corrected chi connectivity index (χ2v) is 8.15. The van der Waals surface area contributed by atoms with Crippen LogP contribution in [0.4, 0.5) is 4.39 Å². The molecule has 1 aliphatic rings. The van der Waals surface area contributed by atoms with E-state index in [0.29, 0.717) is 12.2 Å². The van der Waals surface area contributed by atoms with E-state index in [4.69, 9.17) is 9.47 Å². The SMILES string of the molecule is COc1ccc(C2=NN(C(=O)CN(C)C(=O)c3ccccc3F)C(c3ccc(OC)cc3)C2)cc1. The molecule has 0 fully saturated rings. The van der Waals surface area contributed by atoms with Gasteiger partial charge in [0.15, 0.2) is 0 Å². The fourth-order valence-electron chi connectivity index (χ4n) is 3.97. The Kier molecular flexibility index (Phi) is 7.10. The fraction of sp³-hybridized carbons (Fsp3) is 0.222. The second kappa shape index (κ2) is 10.4. The molecule has 3 aromatic carbocycles. The van der Waals surface area contributed by atoms with Gasteiger partial charge >= 0.3 is 0 Å². The molecule has 1 aliphatic heterocycles. The van der Waals surface area contributed by atoms with Crippen molar-refractivity contribution < 1.29 is 23.5 Å². The lowest BCUT2D eigenvalue weighted by Crippen LogP contribution is -2.39. The highest BCUT2D eigenvalue weighted by Gasteiger charge is 2.34. The molecule has 0 bridgehead atoms. The zero-order chi connectivity index (χ0) is 24.9. The van der Waals surface area contributed by atoms with Gasteiger partial charge in [-0.2, -0.15) is 5.10 Å². The Balaban J connectivity index is 1.60. The lowest BCUT2D eigenvalue weighted by molar-refractivity contribution is -0.133. The Bertz CT molecular complexity index is 1240. The fourth-order valence-corrected chi connectivity index (χ4v) is 3.97. The average Bonchev–Trinajstić information content (AvgIpc) is 3.34. The maximum Gasteiger partial charge on any atom is 0.262 e. The van der Waals surface area contributed by atoms with Crippen LogP contribution in [0.5, 0.6) is 11.5 Å². The molecule has 1 unspecified atom stereocenters. The summed E-state index contributed by atoms with van der Waals surface area (Å²) >= 11 is 0. The second-order valence-electron chi connectivity index (χ2n) is 8.15. The molecule has 2 amide bonds. The summed E-state index contributed by atoms with van der Waals surface area (Å²) in [7, 11) is 4.66. The number of carbonyl (C=O) groups is 2. The van der Waals surface area contributed by atoms with Gasteiger partial charge < -0.3 is 14.4 Å². The van der Waals surface area contributed by atoms with Crippen molar-refractivity contribution in [2.24, 2.45) is 5.10 Å². The minimum absolute atomic E-state index is 0.0849. The van der Waals surface area contributed by atoms with Gasteiger partial charge in [-0.25, -0.2) is 9.40 Å². The van der Waals surface area contributed by atoms with Crippen LogP contribution in [0.15, 0.2) is 77.9 Å². The number of benzene rings is 3. The predicted octanol–water partition coefficient (Wildman–Crippen LogP) is 4.29. The van der Waals surface area contributed by atoms with E-state index in [0.717, 1.165) is 22.6 Å². The summed E-state index contributed by atoms with van der Waals surface area (Å²) in [6, 6.07) is 20.3. The third-order valence-corrected chi connectivity index (χ3v) is 5.91. The van der Waals surface area contributed by atoms with Crippen LogP contribution >= 0.6 is 0 Å². The third kappa shape index (κ3) is 5.16. The highest BCUT2D eigenvalue weighted by atomic mass is 19.1. The standard InChI is InChI=1S/C27H26FN3O4/c1-30(27(33)22-6-4-5-7-23(22)28)17-26(32)31-25(19-10-14-21(35-3)15-11-19)16-24(29-31)18-8-12-20(34-2)13-9-18/h4-15,25H,16-17H2,1-3H3. The topological polar surface area (TPSA) is 71.4 Å². The zero-order valence-corrected chi connectivity index (χ0v) is 19.8. The van der Waals surface area contributed by atoms with E-state index >= 15 is 0 Å². The van der Waals surface area contributed by atoms with E-state index in [9.17, 15) is 14.0 Å². The predicted molar refractivity (Wildman–Crippen MR) is 130 cm³/mol. The number of hydrogen-bond acceptors (Lipinski definition) is 5. The Morgan fingerprint density at radius 3 is 2.17 bits per heavy atom. The van der Waals surface area contributed by atoms with Crippen LogP contribution in [0.1, 0.15) is 33.9 Å². The molecular formula is C27H26FN3O4. The van der Waals surface area contributed by atoms with Crippen molar-refractivity contribution in [1.29, 1.82) is 0 Å². The van der Waals surface area contributed by atoms with Gasteiger partial charge in [-0.15, -0.1) is 0 Å². The van der Waals surface area contributed by atoms with Crippen molar-refractivity contribution in [3.63, 3.8) is 0 Å². The normalized spacial score (nSPS) is 14.9. The van der Waals surface area contributed by atoms with Crippen molar-refractivity contribution in [1.82, 2.24) is 9.91 Å². The maximum absolute atomic E-state index is 14.1. The van der Waals surface area contributed by atoms with Gasteiger partial charge in [-0.05, 0) is 59.7 Å². The molecule has 0 saturated carbocycles. The van der Waals surface area contributed by atoms with Gasteiger partial charge in [-0.3, -0.25) is 9.59 Å². The molecule has 0 aliphatic carbocycles. The van der Waals surface area contributed by atoms with E-state index in [1.54, 1.807) is 20.3 Å². The minimum atomic E-state index is -0.631. The molecule has 35 heavy (non-hydrogen) atoms. The number of rotatable bonds is 7.